The molecule has 1 aliphatic rings. The van der Waals surface area contributed by atoms with E-state index in [0.717, 1.165) is 0 Å². The molecule has 0 bridgehead atoms. The third-order valence-corrected chi connectivity index (χ3v) is 3.72. The highest BCUT2D eigenvalue weighted by atomic mass is 16.2. The van der Waals surface area contributed by atoms with Gasteiger partial charge in [0.25, 0.3) is 11.5 Å². The number of hydrogen-bond acceptors (Lipinski definition) is 5. The monoisotopic (exact) mass is 286 g/mol. The van der Waals surface area contributed by atoms with E-state index in [1.165, 1.54) is 4.57 Å². The van der Waals surface area contributed by atoms with Crippen molar-refractivity contribution in [2.75, 3.05) is 0 Å². The molecule has 1 saturated heterocycles. The van der Waals surface area contributed by atoms with E-state index in [1.54, 1.807) is 31.2 Å². The molecule has 2 aromatic rings. The number of imide groups is 1. The van der Waals surface area contributed by atoms with Crippen molar-refractivity contribution in [1.29, 1.82) is 0 Å². The molecular weight excluding hydrogens is 272 g/mol. The lowest BCUT2D eigenvalue weighted by molar-refractivity contribution is -0.151. The van der Waals surface area contributed by atoms with Gasteiger partial charge in [0.05, 0.1) is 10.9 Å². The van der Waals surface area contributed by atoms with E-state index in [9.17, 15) is 14.4 Å². The Bertz CT molecular complexity index is 811. The standard InChI is InChI=1S/C14H14N4O3/c1-8-16-10-5-3-2-4-9(10)13(20)17(8)11-6-7-12(19)18(15)14(11)21/h2-5,11H,6-7,15H2,1H3. The molecule has 21 heavy (non-hydrogen) atoms. The number of nitrogens with two attached hydrogens (primary N) is 1. The van der Waals surface area contributed by atoms with Crippen molar-refractivity contribution >= 4 is 22.7 Å². The number of benzene rings is 1. The van der Waals surface area contributed by atoms with Crippen LogP contribution in [0.2, 0.25) is 0 Å². The number of amides is 2. The quantitative estimate of drug-likeness (QED) is 0.461. The molecule has 0 saturated carbocycles. The number of fused-ring (bicyclic) bond motifs is 1. The molecule has 1 unspecified atom stereocenters. The van der Waals surface area contributed by atoms with Crippen LogP contribution in [-0.2, 0) is 9.59 Å². The van der Waals surface area contributed by atoms with Crippen molar-refractivity contribution in [1.82, 2.24) is 14.6 Å². The molecule has 1 atom stereocenters. The van der Waals surface area contributed by atoms with Gasteiger partial charge in [-0.25, -0.2) is 15.8 Å². The van der Waals surface area contributed by atoms with E-state index in [-0.39, 0.29) is 18.4 Å². The summed E-state index contributed by atoms with van der Waals surface area (Å²) in [6.07, 6.45) is 0.387. The van der Waals surface area contributed by atoms with Gasteiger partial charge >= 0.3 is 0 Å². The van der Waals surface area contributed by atoms with E-state index in [0.29, 0.717) is 21.7 Å². The molecule has 0 aliphatic carbocycles. The van der Waals surface area contributed by atoms with Crippen LogP contribution in [0.4, 0.5) is 0 Å². The van der Waals surface area contributed by atoms with Crippen LogP contribution in [0.15, 0.2) is 29.1 Å². The van der Waals surface area contributed by atoms with Gasteiger partial charge in [0.15, 0.2) is 0 Å². The highest BCUT2D eigenvalue weighted by Gasteiger charge is 2.35. The van der Waals surface area contributed by atoms with E-state index in [2.05, 4.69) is 4.98 Å². The summed E-state index contributed by atoms with van der Waals surface area (Å²) in [7, 11) is 0. The SMILES string of the molecule is Cc1nc2ccccc2c(=O)n1C1CCC(=O)N(N)C1=O. The molecule has 1 fully saturated rings. The molecule has 1 aliphatic heterocycles. The zero-order valence-corrected chi connectivity index (χ0v) is 11.4. The fraction of sp³-hybridized carbons (Fsp3) is 0.286. The van der Waals surface area contributed by atoms with E-state index < -0.39 is 17.9 Å². The van der Waals surface area contributed by atoms with Gasteiger partial charge in [-0.15, -0.1) is 0 Å². The van der Waals surface area contributed by atoms with Gasteiger partial charge in [-0.2, -0.15) is 0 Å². The summed E-state index contributed by atoms with van der Waals surface area (Å²) in [6, 6.07) is 6.17. The van der Waals surface area contributed by atoms with Gasteiger partial charge in [-0.05, 0) is 25.5 Å². The van der Waals surface area contributed by atoms with Crippen LogP contribution in [0.1, 0.15) is 24.7 Å². The second-order valence-electron chi connectivity index (χ2n) is 5.01. The van der Waals surface area contributed by atoms with E-state index in [4.69, 9.17) is 5.84 Å². The number of hydrazine groups is 1. The second kappa shape index (κ2) is 4.78. The fourth-order valence-electron chi connectivity index (χ4n) is 2.65. The van der Waals surface area contributed by atoms with Crippen LogP contribution < -0.4 is 11.4 Å². The van der Waals surface area contributed by atoms with Crippen LogP contribution in [0, 0.1) is 6.92 Å². The average molecular weight is 286 g/mol. The van der Waals surface area contributed by atoms with E-state index >= 15 is 0 Å². The molecule has 7 nitrogen and oxygen atoms in total. The Labute approximate surface area is 120 Å². The zero-order chi connectivity index (χ0) is 15.1. The molecule has 1 aromatic carbocycles. The Morgan fingerprint density at radius 2 is 1.95 bits per heavy atom. The Balaban J connectivity index is 2.19. The highest BCUT2D eigenvalue weighted by Crippen LogP contribution is 2.22. The number of carbonyl (C=O) groups is 2. The van der Waals surface area contributed by atoms with Crippen molar-refractivity contribution in [2.24, 2.45) is 5.84 Å². The van der Waals surface area contributed by atoms with Crippen LogP contribution >= 0.6 is 0 Å². The summed E-state index contributed by atoms with van der Waals surface area (Å²) in [5.41, 5.74) is 0.291. The fourth-order valence-corrected chi connectivity index (χ4v) is 2.65. The predicted octanol–water partition coefficient (Wildman–Crippen LogP) is 0.269. The molecular formula is C14H14N4O3. The van der Waals surface area contributed by atoms with Crippen molar-refractivity contribution in [3.05, 3.63) is 40.4 Å². The summed E-state index contributed by atoms with van der Waals surface area (Å²) in [4.78, 5) is 40.6. The molecule has 2 amide bonds. The van der Waals surface area contributed by atoms with Crippen LogP contribution in [0.25, 0.3) is 10.9 Å². The molecule has 7 heteroatoms. The maximum absolute atomic E-state index is 12.6. The Morgan fingerprint density at radius 3 is 2.71 bits per heavy atom. The molecule has 0 spiro atoms. The minimum atomic E-state index is -0.780. The minimum Gasteiger partial charge on any atom is -0.284 e. The normalized spacial score (nSPS) is 19.3. The van der Waals surface area contributed by atoms with Gasteiger partial charge in [0.2, 0.25) is 5.91 Å². The number of carbonyl (C=O) groups excluding carboxylic acids is 2. The van der Waals surface area contributed by atoms with Crippen molar-refractivity contribution in [3.63, 3.8) is 0 Å². The number of piperidine rings is 1. The smallest absolute Gasteiger partial charge is 0.266 e. The Hall–Kier alpha value is -2.54. The second-order valence-corrected chi connectivity index (χ2v) is 5.01. The lowest BCUT2D eigenvalue weighted by Crippen LogP contribution is -2.51. The molecule has 0 radical (unpaired) electrons. The summed E-state index contributed by atoms with van der Waals surface area (Å²) < 4.78 is 1.33. The number of hydrogen-bond donors (Lipinski definition) is 1. The first-order chi connectivity index (χ1) is 10.0. The third-order valence-electron chi connectivity index (χ3n) is 3.72. The Morgan fingerprint density at radius 1 is 1.24 bits per heavy atom. The van der Waals surface area contributed by atoms with Gasteiger partial charge < -0.3 is 0 Å². The summed E-state index contributed by atoms with van der Waals surface area (Å²) in [6.45, 7) is 1.67. The molecule has 3 rings (SSSR count). The number of aryl methyl sites for hydroxylation is 1. The lowest BCUT2D eigenvalue weighted by atomic mass is 10.0. The van der Waals surface area contributed by atoms with Crippen molar-refractivity contribution in [3.8, 4) is 0 Å². The van der Waals surface area contributed by atoms with Crippen molar-refractivity contribution in [2.45, 2.75) is 25.8 Å². The van der Waals surface area contributed by atoms with Crippen molar-refractivity contribution < 1.29 is 9.59 Å². The first kappa shape index (κ1) is 13.4. The van der Waals surface area contributed by atoms with Crippen LogP contribution in [0.5, 0.6) is 0 Å². The highest BCUT2D eigenvalue weighted by molar-refractivity contribution is 5.99. The lowest BCUT2D eigenvalue weighted by Gasteiger charge is -2.29. The van der Waals surface area contributed by atoms with Gasteiger partial charge in [-0.3, -0.25) is 19.0 Å². The average Bonchev–Trinajstić information content (AvgIpc) is 2.47. The maximum Gasteiger partial charge on any atom is 0.266 e. The van der Waals surface area contributed by atoms with Crippen LogP contribution in [-0.4, -0.2) is 26.4 Å². The van der Waals surface area contributed by atoms with Gasteiger partial charge in [-0.1, -0.05) is 12.1 Å². The number of aromatic nitrogens is 2. The molecule has 1 aromatic heterocycles. The summed E-state index contributed by atoms with van der Waals surface area (Å²) in [5.74, 6) is 4.88. The first-order valence-electron chi connectivity index (χ1n) is 6.60. The molecule has 2 heterocycles. The topological polar surface area (TPSA) is 98.3 Å². The zero-order valence-electron chi connectivity index (χ0n) is 11.4. The van der Waals surface area contributed by atoms with E-state index in [1.807, 2.05) is 0 Å². The van der Waals surface area contributed by atoms with Gasteiger partial charge in [0, 0.05) is 6.42 Å². The first-order valence-corrected chi connectivity index (χ1v) is 6.60. The van der Waals surface area contributed by atoms with Crippen LogP contribution in [0.3, 0.4) is 0 Å². The Kier molecular flexibility index (Phi) is 3.06. The number of para-hydroxylation sites is 1. The largest absolute Gasteiger partial charge is 0.284 e. The molecule has 108 valence electrons. The number of nitrogens with zero attached hydrogens (tertiary/aromatic N) is 3. The summed E-state index contributed by atoms with van der Waals surface area (Å²) >= 11 is 0. The third kappa shape index (κ3) is 2.02. The summed E-state index contributed by atoms with van der Waals surface area (Å²) in [5, 5.41) is 1.03. The minimum absolute atomic E-state index is 0.131. The maximum atomic E-state index is 12.6. The predicted molar refractivity (Wildman–Crippen MR) is 75.1 cm³/mol. The number of rotatable bonds is 1. The van der Waals surface area contributed by atoms with Gasteiger partial charge in [0.1, 0.15) is 11.9 Å². The molecule has 2 N–H and O–H groups in total.